The Morgan fingerprint density at radius 2 is 1.95 bits per heavy atom. The van der Waals surface area contributed by atoms with Crippen LogP contribution in [0, 0.1) is 0 Å². The molecule has 0 bridgehead atoms. The van der Waals surface area contributed by atoms with Gasteiger partial charge in [-0.1, -0.05) is 31.5 Å². The zero-order chi connectivity index (χ0) is 14.4. The van der Waals surface area contributed by atoms with Gasteiger partial charge in [0.2, 0.25) is 0 Å². The molecule has 0 unspecified atom stereocenters. The molecule has 3 nitrogen and oxygen atoms in total. The van der Waals surface area contributed by atoms with Crippen molar-refractivity contribution in [3.63, 3.8) is 0 Å². The summed E-state index contributed by atoms with van der Waals surface area (Å²) in [5.74, 6) is 1.09. The molecule has 2 atom stereocenters. The minimum Gasteiger partial charge on any atom is -0.494 e. The van der Waals surface area contributed by atoms with Gasteiger partial charge in [-0.05, 0) is 32.3 Å². The monoisotopic (exact) mass is 276 g/mol. The predicted octanol–water partition coefficient (Wildman–Crippen LogP) is 4.06. The fourth-order valence-corrected chi connectivity index (χ4v) is 2.92. The number of benzene rings is 1. The van der Waals surface area contributed by atoms with Crippen LogP contribution in [-0.2, 0) is 9.53 Å². The second-order valence-electron chi connectivity index (χ2n) is 5.24. The molecule has 1 saturated carbocycles. The number of esters is 1. The first-order chi connectivity index (χ1) is 9.76. The van der Waals surface area contributed by atoms with Crippen LogP contribution in [0.5, 0.6) is 5.75 Å². The Bertz CT molecular complexity index is 442. The van der Waals surface area contributed by atoms with Gasteiger partial charge in [0.05, 0.1) is 6.61 Å². The smallest absolute Gasteiger partial charge is 0.305 e. The highest BCUT2D eigenvalue weighted by molar-refractivity contribution is 5.69. The van der Waals surface area contributed by atoms with Crippen LogP contribution in [0.3, 0.4) is 0 Å². The van der Waals surface area contributed by atoms with E-state index in [0.29, 0.717) is 13.0 Å². The molecule has 1 aromatic rings. The van der Waals surface area contributed by atoms with Crippen LogP contribution in [-0.4, -0.2) is 18.7 Å². The molecule has 0 heterocycles. The highest BCUT2D eigenvalue weighted by atomic mass is 16.5. The summed E-state index contributed by atoms with van der Waals surface area (Å²) < 4.78 is 11.4. The van der Waals surface area contributed by atoms with Crippen molar-refractivity contribution in [2.24, 2.45) is 0 Å². The Balaban J connectivity index is 2.21. The number of rotatable bonds is 5. The van der Waals surface area contributed by atoms with Crippen molar-refractivity contribution in [2.75, 3.05) is 6.61 Å². The van der Waals surface area contributed by atoms with E-state index in [2.05, 4.69) is 6.07 Å². The van der Waals surface area contributed by atoms with Crippen LogP contribution in [0.1, 0.15) is 57.4 Å². The van der Waals surface area contributed by atoms with Crippen molar-refractivity contribution < 1.29 is 14.3 Å². The Morgan fingerprint density at radius 3 is 2.70 bits per heavy atom. The van der Waals surface area contributed by atoms with E-state index in [1.807, 2.05) is 32.0 Å². The molecule has 20 heavy (non-hydrogen) atoms. The number of para-hydroxylation sites is 1. The fraction of sp³-hybridized carbons (Fsp3) is 0.588. The van der Waals surface area contributed by atoms with Gasteiger partial charge in [0.1, 0.15) is 11.9 Å². The van der Waals surface area contributed by atoms with E-state index in [1.54, 1.807) is 0 Å². The molecule has 0 aromatic heterocycles. The molecule has 2 rings (SSSR count). The average molecular weight is 276 g/mol. The van der Waals surface area contributed by atoms with Crippen molar-refractivity contribution in [1.82, 2.24) is 0 Å². The van der Waals surface area contributed by atoms with Crippen molar-refractivity contribution in [2.45, 2.75) is 58.0 Å². The maximum atomic E-state index is 11.6. The zero-order valence-corrected chi connectivity index (χ0v) is 12.4. The maximum Gasteiger partial charge on any atom is 0.305 e. The van der Waals surface area contributed by atoms with E-state index >= 15 is 0 Å². The summed E-state index contributed by atoms with van der Waals surface area (Å²) in [6.45, 7) is 4.49. The lowest BCUT2D eigenvalue weighted by atomic mass is 9.81. The third-order valence-electron chi connectivity index (χ3n) is 3.89. The normalized spacial score (nSPS) is 22.3. The first-order valence-electron chi connectivity index (χ1n) is 7.67. The molecule has 1 aliphatic carbocycles. The van der Waals surface area contributed by atoms with Crippen LogP contribution in [0.2, 0.25) is 0 Å². The summed E-state index contributed by atoms with van der Waals surface area (Å²) in [5.41, 5.74) is 1.18. The van der Waals surface area contributed by atoms with E-state index < -0.39 is 0 Å². The molecule has 0 aliphatic heterocycles. The zero-order valence-electron chi connectivity index (χ0n) is 12.4. The second kappa shape index (κ2) is 7.32. The fourth-order valence-electron chi connectivity index (χ4n) is 2.92. The summed E-state index contributed by atoms with van der Waals surface area (Å²) >= 11 is 0. The minimum absolute atomic E-state index is 0.00203. The number of hydrogen-bond acceptors (Lipinski definition) is 3. The van der Waals surface area contributed by atoms with Crippen molar-refractivity contribution >= 4 is 5.97 Å². The Hall–Kier alpha value is -1.51. The molecule has 1 fully saturated rings. The lowest BCUT2D eigenvalue weighted by molar-refractivity contribution is -0.151. The summed E-state index contributed by atoms with van der Waals surface area (Å²) in [7, 11) is 0. The minimum atomic E-state index is -0.101. The van der Waals surface area contributed by atoms with Gasteiger partial charge in [0, 0.05) is 17.9 Å². The quantitative estimate of drug-likeness (QED) is 0.761. The molecule has 0 spiro atoms. The lowest BCUT2D eigenvalue weighted by Crippen LogP contribution is -2.28. The van der Waals surface area contributed by atoms with E-state index in [1.165, 1.54) is 12.0 Å². The molecule has 0 N–H and O–H groups in total. The topological polar surface area (TPSA) is 35.5 Å². The summed E-state index contributed by atoms with van der Waals surface area (Å²) in [6.07, 6.45) is 4.77. The number of hydrogen-bond donors (Lipinski definition) is 0. The standard InChI is InChI=1S/C17H24O3/c1-3-17(18)20-16-12-8-6-10-14(16)13-9-5-7-11-15(13)19-4-2/h5,7,9,11,14,16H,3-4,6,8,10,12H2,1-2H3/t14-,16+/m0/s1. The van der Waals surface area contributed by atoms with Crippen molar-refractivity contribution in [3.8, 4) is 5.75 Å². The van der Waals surface area contributed by atoms with E-state index in [4.69, 9.17) is 9.47 Å². The molecule has 0 amide bonds. The third kappa shape index (κ3) is 3.53. The summed E-state index contributed by atoms with van der Waals surface area (Å²) in [6, 6.07) is 8.13. The average Bonchev–Trinajstić information content (AvgIpc) is 2.49. The third-order valence-corrected chi connectivity index (χ3v) is 3.89. The Morgan fingerprint density at radius 1 is 1.20 bits per heavy atom. The van der Waals surface area contributed by atoms with Gasteiger partial charge in [-0.3, -0.25) is 4.79 Å². The van der Waals surface area contributed by atoms with Gasteiger partial charge in [-0.2, -0.15) is 0 Å². The molecular weight excluding hydrogens is 252 g/mol. The maximum absolute atomic E-state index is 11.6. The first kappa shape index (κ1) is 14.9. The summed E-state index contributed by atoms with van der Waals surface area (Å²) in [4.78, 5) is 11.6. The SMILES string of the molecule is CCOc1ccccc1[C@@H]1CCCC[C@H]1OC(=O)CC. The number of carbonyl (C=O) groups is 1. The van der Waals surface area contributed by atoms with Gasteiger partial charge in [0.25, 0.3) is 0 Å². The van der Waals surface area contributed by atoms with Crippen molar-refractivity contribution in [3.05, 3.63) is 29.8 Å². The molecule has 1 aliphatic rings. The second-order valence-corrected chi connectivity index (χ2v) is 5.24. The Kier molecular flexibility index (Phi) is 5.45. The highest BCUT2D eigenvalue weighted by Crippen LogP contribution is 2.39. The molecule has 0 saturated heterocycles. The number of carbonyl (C=O) groups excluding carboxylic acids is 1. The van der Waals surface area contributed by atoms with Crippen LogP contribution >= 0.6 is 0 Å². The first-order valence-corrected chi connectivity index (χ1v) is 7.67. The summed E-state index contributed by atoms with van der Waals surface area (Å²) in [5, 5.41) is 0. The molecular formula is C17H24O3. The van der Waals surface area contributed by atoms with Gasteiger partial charge < -0.3 is 9.47 Å². The van der Waals surface area contributed by atoms with Crippen LogP contribution < -0.4 is 4.74 Å². The largest absolute Gasteiger partial charge is 0.494 e. The van der Waals surface area contributed by atoms with Gasteiger partial charge in [-0.25, -0.2) is 0 Å². The van der Waals surface area contributed by atoms with E-state index in [0.717, 1.165) is 25.0 Å². The van der Waals surface area contributed by atoms with Crippen LogP contribution in [0.25, 0.3) is 0 Å². The highest BCUT2D eigenvalue weighted by Gasteiger charge is 2.31. The van der Waals surface area contributed by atoms with E-state index in [9.17, 15) is 4.79 Å². The molecule has 1 aromatic carbocycles. The van der Waals surface area contributed by atoms with Gasteiger partial charge in [0.15, 0.2) is 0 Å². The predicted molar refractivity (Wildman–Crippen MR) is 79.0 cm³/mol. The van der Waals surface area contributed by atoms with Gasteiger partial charge in [-0.15, -0.1) is 0 Å². The van der Waals surface area contributed by atoms with Crippen LogP contribution in [0.4, 0.5) is 0 Å². The molecule has 3 heteroatoms. The lowest BCUT2D eigenvalue weighted by Gasteiger charge is -2.32. The van der Waals surface area contributed by atoms with Crippen molar-refractivity contribution in [1.29, 1.82) is 0 Å². The Labute approximate surface area is 121 Å². The van der Waals surface area contributed by atoms with Crippen LogP contribution in [0.15, 0.2) is 24.3 Å². The van der Waals surface area contributed by atoms with E-state index in [-0.39, 0.29) is 18.0 Å². The van der Waals surface area contributed by atoms with Gasteiger partial charge >= 0.3 is 5.97 Å². The molecule has 110 valence electrons. The number of ether oxygens (including phenoxy) is 2. The molecule has 0 radical (unpaired) electrons.